The van der Waals surface area contributed by atoms with E-state index in [4.69, 9.17) is 0 Å². The Morgan fingerprint density at radius 1 is 1.19 bits per heavy atom. The van der Waals surface area contributed by atoms with Crippen molar-refractivity contribution >= 4 is 18.0 Å². The van der Waals surface area contributed by atoms with Gasteiger partial charge in [0.15, 0.2) is 6.29 Å². The van der Waals surface area contributed by atoms with Crippen LogP contribution in [0.4, 0.5) is 19.0 Å². The summed E-state index contributed by atoms with van der Waals surface area (Å²) in [6.45, 7) is 0. The minimum Gasteiger partial charge on any atom is -0.406 e. The van der Waals surface area contributed by atoms with Crippen LogP contribution in [0.5, 0.6) is 5.75 Å². The molecule has 0 spiro atoms. The molecule has 136 valence electrons. The molecule has 0 saturated heterocycles. The number of hydrogen-bond donors (Lipinski definition) is 0. The van der Waals surface area contributed by atoms with E-state index in [-0.39, 0.29) is 23.3 Å². The minimum atomic E-state index is -4.76. The Morgan fingerprint density at radius 2 is 1.85 bits per heavy atom. The summed E-state index contributed by atoms with van der Waals surface area (Å²) in [5.74, 6) is -0.103. The summed E-state index contributed by atoms with van der Waals surface area (Å²) in [4.78, 5) is 28.9. The fourth-order valence-electron chi connectivity index (χ4n) is 2.50. The number of carbonyl (C=O) groups is 2. The van der Waals surface area contributed by atoms with Crippen LogP contribution in [0.2, 0.25) is 0 Å². The summed E-state index contributed by atoms with van der Waals surface area (Å²) < 4.78 is 40.6. The van der Waals surface area contributed by atoms with Crippen molar-refractivity contribution in [3.8, 4) is 16.9 Å². The van der Waals surface area contributed by atoms with Crippen LogP contribution in [0.3, 0.4) is 0 Å². The second-order valence-corrected chi connectivity index (χ2v) is 6.00. The number of anilines is 1. The monoisotopic (exact) mass is 364 g/mol. The number of aldehydes is 1. The number of carbonyl (C=O) groups excluding carboxylic acids is 2. The van der Waals surface area contributed by atoms with E-state index in [1.54, 1.807) is 13.1 Å². The Bertz CT molecular complexity index is 831. The molecule has 26 heavy (non-hydrogen) atoms. The minimum absolute atomic E-state index is 0.0102. The van der Waals surface area contributed by atoms with Crippen LogP contribution in [-0.4, -0.2) is 30.6 Å². The topological polar surface area (TPSA) is 59.5 Å². The van der Waals surface area contributed by atoms with Gasteiger partial charge in [0.25, 0.3) is 0 Å². The quantitative estimate of drug-likeness (QED) is 0.757. The molecular weight excluding hydrogens is 349 g/mol. The summed E-state index contributed by atoms with van der Waals surface area (Å²) in [7, 11) is 1.58. The summed E-state index contributed by atoms with van der Waals surface area (Å²) in [6.07, 6.45) is -2.53. The summed E-state index contributed by atoms with van der Waals surface area (Å²) in [5.41, 5.74) is 1.26. The van der Waals surface area contributed by atoms with Crippen LogP contribution >= 0.6 is 0 Å². The number of nitrogens with zero attached hydrogens (tertiary/aromatic N) is 2. The third kappa shape index (κ3) is 4.19. The van der Waals surface area contributed by atoms with Crippen molar-refractivity contribution in [2.75, 3.05) is 11.9 Å². The molecular formula is C18H15F3N2O3. The Labute approximate surface area is 147 Å². The molecule has 1 aliphatic rings. The van der Waals surface area contributed by atoms with E-state index in [9.17, 15) is 22.8 Å². The molecule has 0 unspecified atom stereocenters. The largest absolute Gasteiger partial charge is 0.573 e. The number of halogens is 3. The van der Waals surface area contributed by atoms with Crippen LogP contribution in [0, 0.1) is 5.92 Å². The predicted molar refractivity (Wildman–Crippen MR) is 87.9 cm³/mol. The molecule has 0 aliphatic heterocycles. The number of rotatable bonds is 5. The maximum Gasteiger partial charge on any atom is 0.573 e. The summed E-state index contributed by atoms with van der Waals surface area (Å²) in [5, 5.41) is 0. The third-order valence-electron chi connectivity index (χ3n) is 3.97. The highest BCUT2D eigenvalue weighted by atomic mass is 19.4. The fraction of sp³-hybridized carbons (Fsp3) is 0.278. The number of pyridine rings is 1. The molecule has 1 aromatic heterocycles. The zero-order chi connectivity index (χ0) is 18.9. The van der Waals surface area contributed by atoms with E-state index in [0.29, 0.717) is 23.2 Å². The molecule has 0 atom stereocenters. The van der Waals surface area contributed by atoms with Crippen molar-refractivity contribution in [3.63, 3.8) is 0 Å². The molecule has 1 fully saturated rings. The Hall–Kier alpha value is -2.90. The van der Waals surface area contributed by atoms with E-state index in [1.807, 2.05) is 0 Å². The number of hydrogen-bond acceptors (Lipinski definition) is 4. The molecule has 0 radical (unpaired) electrons. The molecule has 1 heterocycles. The highest BCUT2D eigenvalue weighted by Gasteiger charge is 2.33. The number of aromatic nitrogens is 1. The van der Waals surface area contributed by atoms with Crippen molar-refractivity contribution in [1.29, 1.82) is 0 Å². The number of benzene rings is 1. The predicted octanol–water partition coefficient (Wildman–Crippen LogP) is 3.83. The fourth-order valence-corrected chi connectivity index (χ4v) is 2.50. The van der Waals surface area contributed by atoms with E-state index in [1.165, 1.54) is 35.2 Å². The van der Waals surface area contributed by atoms with Crippen molar-refractivity contribution < 1.29 is 27.5 Å². The van der Waals surface area contributed by atoms with Crippen LogP contribution < -0.4 is 9.64 Å². The van der Waals surface area contributed by atoms with E-state index >= 15 is 0 Å². The average molecular weight is 364 g/mol. The first-order chi connectivity index (χ1) is 12.3. The molecule has 1 aromatic carbocycles. The molecule has 1 amide bonds. The summed E-state index contributed by atoms with van der Waals surface area (Å²) >= 11 is 0. The number of alkyl halides is 3. The van der Waals surface area contributed by atoms with Crippen molar-refractivity contribution in [3.05, 3.63) is 42.1 Å². The molecule has 3 rings (SSSR count). The van der Waals surface area contributed by atoms with Gasteiger partial charge in [-0.3, -0.25) is 14.5 Å². The highest BCUT2D eigenvalue weighted by molar-refractivity contribution is 5.96. The Morgan fingerprint density at radius 3 is 2.38 bits per heavy atom. The van der Waals surface area contributed by atoms with Crippen molar-refractivity contribution in [2.24, 2.45) is 5.92 Å². The molecule has 0 N–H and O–H groups in total. The summed E-state index contributed by atoms with van der Waals surface area (Å²) in [6, 6.07) is 8.37. The van der Waals surface area contributed by atoms with Crippen LogP contribution in [-0.2, 0) is 4.79 Å². The molecule has 1 saturated carbocycles. The van der Waals surface area contributed by atoms with E-state index < -0.39 is 6.36 Å². The number of ether oxygens (including phenoxy) is 1. The first kappa shape index (κ1) is 17.9. The van der Waals surface area contributed by atoms with E-state index in [0.717, 1.165) is 12.8 Å². The van der Waals surface area contributed by atoms with Gasteiger partial charge in [0.05, 0.1) is 0 Å². The van der Waals surface area contributed by atoms with Gasteiger partial charge in [-0.1, -0.05) is 12.1 Å². The Balaban J connectivity index is 1.90. The molecule has 1 aliphatic carbocycles. The lowest BCUT2D eigenvalue weighted by Crippen LogP contribution is -2.28. The van der Waals surface area contributed by atoms with Crippen LogP contribution in [0.15, 0.2) is 36.4 Å². The smallest absolute Gasteiger partial charge is 0.406 e. The van der Waals surface area contributed by atoms with Crippen molar-refractivity contribution in [2.45, 2.75) is 19.2 Å². The third-order valence-corrected chi connectivity index (χ3v) is 3.97. The maximum absolute atomic E-state index is 12.2. The molecule has 5 nitrogen and oxygen atoms in total. The molecule has 0 bridgehead atoms. The lowest BCUT2D eigenvalue weighted by Gasteiger charge is -2.17. The van der Waals surface area contributed by atoms with Gasteiger partial charge in [-0.15, -0.1) is 13.2 Å². The second-order valence-electron chi connectivity index (χ2n) is 6.00. The first-order valence-electron chi connectivity index (χ1n) is 7.88. The van der Waals surface area contributed by atoms with Gasteiger partial charge in [0.2, 0.25) is 5.91 Å². The van der Waals surface area contributed by atoms with Gasteiger partial charge in [-0.05, 0) is 48.2 Å². The lowest BCUT2D eigenvalue weighted by molar-refractivity contribution is -0.274. The van der Waals surface area contributed by atoms with Gasteiger partial charge < -0.3 is 4.74 Å². The van der Waals surface area contributed by atoms with Gasteiger partial charge in [-0.2, -0.15) is 0 Å². The van der Waals surface area contributed by atoms with Gasteiger partial charge >= 0.3 is 6.36 Å². The van der Waals surface area contributed by atoms with Crippen LogP contribution in [0.25, 0.3) is 11.1 Å². The first-order valence-corrected chi connectivity index (χ1v) is 7.88. The Kier molecular flexibility index (Phi) is 4.67. The van der Waals surface area contributed by atoms with Crippen molar-refractivity contribution in [1.82, 2.24) is 4.98 Å². The maximum atomic E-state index is 12.2. The number of amides is 1. The SMILES string of the molecule is CN(C(=O)C1CC1)c1cc(-c2ccc(OC(F)(F)F)cc2)cc(C=O)n1. The van der Waals surface area contributed by atoms with Gasteiger partial charge in [0, 0.05) is 13.0 Å². The van der Waals surface area contributed by atoms with Crippen LogP contribution in [0.1, 0.15) is 23.3 Å². The lowest BCUT2D eigenvalue weighted by atomic mass is 10.1. The van der Waals surface area contributed by atoms with Gasteiger partial charge in [0.1, 0.15) is 17.3 Å². The normalized spacial score (nSPS) is 14.0. The highest BCUT2D eigenvalue weighted by Crippen LogP contribution is 2.33. The molecule has 2 aromatic rings. The van der Waals surface area contributed by atoms with E-state index in [2.05, 4.69) is 9.72 Å². The average Bonchev–Trinajstić information content (AvgIpc) is 3.44. The standard InChI is InChI=1S/C18H15F3N2O3/c1-23(17(25)12-2-3-12)16-9-13(8-14(10-24)22-16)11-4-6-15(7-5-11)26-18(19,20)21/h4-10,12H,2-3H2,1H3. The second kappa shape index (κ2) is 6.78. The van der Waals surface area contributed by atoms with Gasteiger partial charge in [-0.25, -0.2) is 4.98 Å². The zero-order valence-corrected chi connectivity index (χ0v) is 13.8. The molecule has 8 heteroatoms. The zero-order valence-electron chi connectivity index (χ0n) is 13.8.